The number of carbonyl (C=O) groups excluding carboxylic acids is 1. The molecule has 1 aromatic rings. The SMILES string of the molecule is COc1cc(NC(=O)CC[NH+]2C[C@@H](C)O[C@H](C)C2)cc(OC)c1. The minimum Gasteiger partial charge on any atom is -0.497 e. The molecule has 2 N–H and O–H groups in total. The summed E-state index contributed by atoms with van der Waals surface area (Å²) in [4.78, 5) is 13.6. The van der Waals surface area contributed by atoms with E-state index in [0.717, 1.165) is 19.6 Å². The first kappa shape index (κ1) is 17.6. The molecule has 1 aromatic carbocycles. The van der Waals surface area contributed by atoms with Crippen molar-refractivity contribution >= 4 is 11.6 Å². The van der Waals surface area contributed by atoms with Gasteiger partial charge in [0.2, 0.25) is 5.91 Å². The van der Waals surface area contributed by atoms with Gasteiger partial charge in [0.25, 0.3) is 0 Å². The molecule has 0 aliphatic carbocycles. The molecule has 0 spiro atoms. The van der Waals surface area contributed by atoms with Crippen molar-refractivity contribution < 1.29 is 23.9 Å². The predicted octanol–water partition coefficient (Wildman–Crippen LogP) is 0.725. The van der Waals surface area contributed by atoms with Crippen molar-refractivity contribution in [3.63, 3.8) is 0 Å². The lowest BCUT2D eigenvalue weighted by Crippen LogP contribution is -3.15. The number of anilines is 1. The van der Waals surface area contributed by atoms with Gasteiger partial charge in [-0.3, -0.25) is 4.79 Å². The van der Waals surface area contributed by atoms with E-state index < -0.39 is 0 Å². The Morgan fingerprint density at radius 1 is 1.17 bits per heavy atom. The molecule has 1 aliphatic heterocycles. The largest absolute Gasteiger partial charge is 0.497 e. The van der Waals surface area contributed by atoms with Crippen molar-refractivity contribution in [3.8, 4) is 11.5 Å². The van der Waals surface area contributed by atoms with Crippen molar-refractivity contribution in [2.75, 3.05) is 39.2 Å². The molecule has 0 saturated carbocycles. The van der Waals surface area contributed by atoms with E-state index in [2.05, 4.69) is 19.2 Å². The molecule has 0 aromatic heterocycles. The van der Waals surface area contributed by atoms with Gasteiger partial charge in [-0.2, -0.15) is 0 Å². The number of benzene rings is 1. The third kappa shape index (κ3) is 5.41. The molecular formula is C17H27N2O4+. The minimum absolute atomic E-state index is 0.000367. The smallest absolute Gasteiger partial charge is 0.230 e. The Labute approximate surface area is 137 Å². The molecule has 0 bridgehead atoms. The van der Waals surface area contributed by atoms with E-state index in [1.165, 1.54) is 4.90 Å². The summed E-state index contributed by atoms with van der Waals surface area (Å²) in [5.74, 6) is 1.31. The summed E-state index contributed by atoms with van der Waals surface area (Å²) >= 11 is 0. The number of hydrogen-bond donors (Lipinski definition) is 2. The fourth-order valence-corrected chi connectivity index (χ4v) is 2.99. The average molecular weight is 323 g/mol. The third-order valence-corrected chi connectivity index (χ3v) is 3.96. The highest BCUT2D eigenvalue weighted by Crippen LogP contribution is 2.25. The number of quaternary nitrogens is 1. The molecule has 2 rings (SSSR count). The van der Waals surface area contributed by atoms with Gasteiger partial charge in [0.05, 0.1) is 27.2 Å². The lowest BCUT2D eigenvalue weighted by atomic mass is 10.2. The van der Waals surface area contributed by atoms with E-state index in [4.69, 9.17) is 14.2 Å². The molecule has 1 saturated heterocycles. The molecule has 2 atom stereocenters. The number of methoxy groups -OCH3 is 2. The van der Waals surface area contributed by atoms with Crippen LogP contribution >= 0.6 is 0 Å². The Balaban J connectivity index is 1.87. The molecule has 23 heavy (non-hydrogen) atoms. The van der Waals surface area contributed by atoms with E-state index in [-0.39, 0.29) is 18.1 Å². The van der Waals surface area contributed by atoms with E-state index in [1.54, 1.807) is 32.4 Å². The molecule has 128 valence electrons. The van der Waals surface area contributed by atoms with Gasteiger partial charge in [-0.15, -0.1) is 0 Å². The van der Waals surface area contributed by atoms with Crippen LogP contribution in [-0.4, -0.2) is 52.0 Å². The maximum Gasteiger partial charge on any atom is 0.230 e. The van der Waals surface area contributed by atoms with Gasteiger partial charge in [-0.25, -0.2) is 0 Å². The number of morpholine rings is 1. The highest BCUT2D eigenvalue weighted by atomic mass is 16.5. The molecule has 6 heteroatoms. The molecule has 0 unspecified atom stereocenters. The maximum absolute atomic E-state index is 12.2. The van der Waals surface area contributed by atoms with Crippen LogP contribution in [0.4, 0.5) is 5.69 Å². The molecule has 1 fully saturated rings. The molecule has 0 radical (unpaired) electrons. The Morgan fingerprint density at radius 3 is 2.26 bits per heavy atom. The van der Waals surface area contributed by atoms with Gasteiger partial charge in [0.1, 0.15) is 36.8 Å². The van der Waals surface area contributed by atoms with Crippen molar-refractivity contribution in [2.45, 2.75) is 32.5 Å². The highest BCUT2D eigenvalue weighted by Gasteiger charge is 2.25. The number of rotatable bonds is 6. The molecule has 1 amide bonds. The van der Waals surface area contributed by atoms with Crippen LogP contribution in [0.3, 0.4) is 0 Å². The summed E-state index contributed by atoms with van der Waals surface area (Å²) in [5.41, 5.74) is 0.685. The molecule has 1 heterocycles. The van der Waals surface area contributed by atoms with Crippen LogP contribution in [0.2, 0.25) is 0 Å². The molecule has 6 nitrogen and oxygen atoms in total. The summed E-state index contributed by atoms with van der Waals surface area (Å²) < 4.78 is 16.1. The van der Waals surface area contributed by atoms with E-state index in [1.807, 2.05) is 0 Å². The summed E-state index contributed by atoms with van der Waals surface area (Å²) in [5, 5.41) is 2.91. The van der Waals surface area contributed by atoms with Gasteiger partial charge >= 0.3 is 0 Å². The van der Waals surface area contributed by atoms with Crippen LogP contribution in [0, 0.1) is 0 Å². The zero-order chi connectivity index (χ0) is 16.8. The van der Waals surface area contributed by atoms with Crippen molar-refractivity contribution in [3.05, 3.63) is 18.2 Å². The van der Waals surface area contributed by atoms with Crippen LogP contribution in [0.5, 0.6) is 11.5 Å². The molecular weight excluding hydrogens is 296 g/mol. The zero-order valence-electron chi connectivity index (χ0n) is 14.3. The Morgan fingerprint density at radius 2 is 1.74 bits per heavy atom. The van der Waals surface area contributed by atoms with Crippen LogP contribution in [0.1, 0.15) is 20.3 Å². The second-order valence-electron chi connectivity index (χ2n) is 6.07. The second kappa shape index (κ2) is 8.17. The maximum atomic E-state index is 12.2. The highest BCUT2D eigenvalue weighted by molar-refractivity contribution is 5.91. The standard InChI is InChI=1S/C17H26N2O4/c1-12-10-19(11-13(2)23-12)6-5-17(20)18-14-7-15(21-3)9-16(8-14)22-4/h7-9,12-13H,5-6,10-11H2,1-4H3,(H,18,20)/p+1/t12-,13-/m1/s1. The summed E-state index contributed by atoms with van der Waals surface area (Å²) in [7, 11) is 3.18. The summed E-state index contributed by atoms with van der Waals surface area (Å²) in [6.07, 6.45) is 0.979. The summed E-state index contributed by atoms with van der Waals surface area (Å²) in [6, 6.07) is 5.34. The predicted molar refractivity (Wildman–Crippen MR) is 88.4 cm³/mol. The third-order valence-electron chi connectivity index (χ3n) is 3.96. The number of ether oxygens (including phenoxy) is 3. The minimum atomic E-state index is -0.000367. The number of amides is 1. The fraction of sp³-hybridized carbons (Fsp3) is 0.588. The topological polar surface area (TPSA) is 61.2 Å². The van der Waals surface area contributed by atoms with Crippen LogP contribution in [-0.2, 0) is 9.53 Å². The first-order valence-corrected chi connectivity index (χ1v) is 8.02. The Hall–Kier alpha value is -1.79. The number of hydrogen-bond acceptors (Lipinski definition) is 4. The first-order valence-electron chi connectivity index (χ1n) is 8.02. The lowest BCUT2D eigenvalue weighted by molar-refractivity contribution is -0.914. The van der Waals surface area contributed by atoms with E-state index >= 15 is 0 Å². The van der Waals surface area contributed by atoms with Crippen LogP contribution < -0.4 is 19.7 Å². The van der Waals surface area contributed by atoms with Crippen molar-refractivity contribution in [1.29, 1.82) is 0 Å². The van der Waals surface area contributed by atoms with Crippen molar-refractivity contribution in [1.82, 2.24) is 0 Å². The van der Waals surface area contributed by atoms with Gasteiger partial charge in [-0.1, -0.05) is 0 Å². The first-order chi connectivity index (χ1) is 11.0. The zero-order valence-corrected chi connectivity index (χ0v) is 14.3. The second-order valence-corrected chi connectivity index (χ2v) is 6.07. The quantitative estimate of drug-likeness (QED) is 0.810. The fourth-order valence-electron chi connectivity index (χ4n) is 2.99. The Bertz CT molecular complexity index is 503. The normalized spacial score (nSPS) is 24.1. The van der Waals surface area contributed by atoms with Gasteiger partial charge in [-0.05, 0) is 13.8 Å². The van der Waals surface area contributed by atoms with Gasteiger partial charge in [0.15, 0.2) is 0 Å². The van der Waals surface area contributed by atoms with Crippen LogP contribution in [0.15, 0.2) is 18.2 Å². The number of nitrogens with one attached hydrogen (secondary N) is 2. The van der Waals surface area contributed by atoms with E-state index in [9.17, 15) is 4.79 Å². The summed E-state index contributed by atoms with van der Waals surface area (Å²) in [6.45, 7) is 6.87. The molecule has 1 aliphatic rings. The average Bonchev–Trinajstić information content (AvgIpc) is 2.51. The number of carbonyl (C=O) groups is 1. The van der Waals surface area contributed by atoms with E-state index in [0.29, 0.717) is 23.6 Å². The monoisotopic (exact) mass is 323 g/mol. The van der Waals surface area contributed by atoms with Gasteiger partial charge in [0, 0.05) is 23.9 Å². The van der Waals surface area contributed by atoms with Gasteiger partial charge < -0.3 is 24.4 Å². The lowest BCUT2D eigenvalue weighted by Gasteiger charge is -2.32. The van der Waals surface area contributed by atoms with Crippen molar-refractivity contribution in [2.24, 2.45) is 0 Å². The Kier molecular flexibility index (Phi) is 6.24. The van der Waals surface area contributed by atoms with Crippen LogP contribution in [0.25, 0.3) is 0 Å².